The largest absolute Gasteiger partial charge is 0.658 e. The average Bonchev–Trinajstić information content (AvgIpc) is 2.48. The minimum Gasteiger partial charge on any atom is -0.526 e. The first-order chi connectivity index (χ1) is 9.35. The van der Waals surface area contributed by atoms with E-state index < -0.39 is 0 Å². The Morgan fingerprint density at radius 2 is 1.16 bits per heavy atom. The van der Waals surface area contributed by atoms with E-state index in [-0.39, 0.29) is 0 Å². The molecule has 0 heterocycles. The van der Waals surface area contributed by atoms with Crippen LogP contribution in [0, 0.1) is 0 Å². The zero-order valence-corrected chi connectivity index (χ0v) is 10.6. The van der Waals surface area contributed by atoms with Crippen molar-refractivity contribution in [3.05, 3.63) is 59.7 Å². The van der Waals surface area contributed by atoms with Gasteiger partial charge in [-0.3, -0.25) is 0 Å². The number of benzene rings is 2. The average molecular weight is 255 g/mol. The molecule has 0 amide bonds. The van der Waals surface area contributed by atoms with E-state index in [4.69, 9.17) is 20.8 Å². The molecular weight excluding hydrogens is 239 g/mol. The molecule has 0 spiro atoms. The Kier molecular flexibility index (Phi) is 4.83. The minimum absolute atomic E-state index is 0.420. The summed E-state index contributed by atoms with van der Waals surface area (Å²) in [5.41, 5.74) is 13.1. The van der Waals surface area contributed by atoms with Crippen LogP contribution in [-0.4, -0.2) is 7.69 Å². The molecule has 4 N–H and O–H groups in total. The van der Waals surface area contributed by atoms with Gasteiger partial charge in [0, 0.05) is 24.2 Å². The van der Waals surface area contributed by atoms with E-state index in [0.29, 0.717) is 24.6 Å². The molecule has 19 heavy (non-hydrogen) atoms. The van der Waals surface area contributed by atoms with Gasteiger partial charge in [0.2, 0.25) is 0 Å². The maximum absolute atomic E-state index is 5.63. The standard InChI is InChI=1S/C14H16BN2O2/c16-9-11-5-1-3-7-13(11)18-15-19-14-8-4-2-6-12(14)10-17/h1-8H,9-10,16-17H2. The Hall–Kier alpha value is -1.98. The van der Waals surface area contributed by atoms with Crippen molar-refractivity contribution in [1.29, 1.82) is 0 Å². The summed E-state index contributed by atoms with van der Waals surface area (Å²) in [4.78, 5) is 0. The number of hydrogen-bond acceptors (Lipinski definition) is 4. The van der Waals surface area contributed by atoms with Crippen molar-refractivity contribution >= 4 is 7.69 Å². The van der Waals surface area contributed by atoms with Gasteiger partial charge < -0.3 is 20.8 Å². The van der Waals surface area contributed by atoms with Crippen LogP contribution in [-0.2, 0) is 13.1 Å². The predicted molar refractivity (Wildman–Crippen MR) is 75.7 cm³/mol. The van der Waals surface area contributed by atoms with Crippen LogP contribution in [0.4, 0.5) is 0 Å². The zero-order valence-electron chi connectivity index (χ0n) is 10.6. The summed E-state index contributed by atoms with van der Waals surface area (Å²) in [6, 6.07) is 15.1. The maximum atomic E-state index is 5.63. The Bertz CT molecular complexity index is 487. The van der Waals surface area contributed by atoms with Gasteiger partial charge in [0.1, 0.15) is 11.5 Å². The van der Waals surface area contributed by atoms with E-state index in [2.05, 4.69) is 0 Å². The number of hydrogen-bond donors (Lipinski definition) is 2. The summed E-state index contributed by atoms with van der Waals surface area (Å²) < 4.78 is 10.9. The van der Waals surface area contributed by atoms with Crippen molar-refractivity contribution in [3.8, 4) is 11.5 Å². The first-order valence-corrected chi connectivity index (χ1v) is 6.06. The number of rotatable bonds is 6. The van der Waals surface area contributed by atoms with E-state index in [1.165, 1.54) is 7.69 Å². The molecule has 0 aliphatic rings. The molecule has 2 aromatic rings. The zero-order chi connectivity index (χ0) is 13.5. The van der Waals surface area contributed by atoms with Gasteiger partial charge in [-0.1, -0.05) is 36.4 Å². The molecule has 1 radical (unpaired) electrons. The summed E-state index contributed by atoms with van der Waals surface area (Å²) in [5, 5.41) is 0. The van der Waals surface area contributed by atoms with Gasteiger partial charge in [-0.25, -0.2) is 0 Å². The summed E-state index contributed by atoms with van der Waals surface area (Å²) in [7, 11) is 1.29. The fourth-order valence-corrected chi connectivity index (χ4v) is 1.70. The second kappa shape index (κ2) is 6.82. The molecule has 2 aromatic carbocycles. The molecule has 0 saturated heterocycles. The smallest absolute Gasteiger partial charge is 0.526 e. The van der Waals surface area contributed by atoms with Crippen LogP contribution >= 0.6 is 0 Å². The molecule has 4 nitrogen and oxygen atoms in total. The van der Waals surface area contributed by atoms with Crippen molar-refractivity contribution < 1.29 is 9.31 Å². The molecule has 0 bridgehead atoms. The summed E-state index contributed by atoms with van der Waals surface area (Å²) >= 11 is 0. The van der Waals surface area contributed by atoms with Crippen molar-refractivity contribution in [2.45, 2.75) is 13.1 Å². The molecule has 0 unspecified atom stereocenters. The van der Waals surface area contributed by atoms with Crippen LogP contribution in [0.1, 0.15) is 11.1 Å². The lowest BCUT2D eigenvalue weighted by molar-refractivity contribution is 0.453. The highest BCUT2D eigenvalue weighted by Crippen LogP contribution is 2.19. The van der Waals surface area contributed by atoms with E-state index in [0.717, 1.165) is 11.1 Å². The van der Waals surface area contributed by atoms with E-state index in [9.17, 15) is 0 Å². The first-order valence-electron chi connectivity index (χ1n) is 6.06. The van der Waals surface area contributed by atoms with E-state index in [1.54, 1.807) is 0 Å². The molecule has 0 aliphatic heterocycles. The van der Waals surface area contributed by atoms with Crippen LogP contribution in [0.3, 0.4) is 0 Å². The number of nitrogens with two attached hydrogens (primary N) is 2. The van der Waals surface area contributed by atoms with Gasteiger partial charge in [0.15, 0.2) is 0 Å². The van der Waals surface area contributed by atoms with E-state index in [1.807, 2.05) is 48.5 Å². The maximum Gasteiger partial charge on any atom is 0.658 e. The van der Waals surface area contributed by atoms with Crippen molar-refractivity contribution in [2.75, 3.05) is 0 Å². The highest BCUT2D eigenvalue weighted by molar-refractivity contribution is 6.20. The third kappa shape index (κ3) is 3.50. The molecule has 97 valence electrons. The molecule has 0 saturated carbocycles. The van der Waals surface area contributed by atoms with Crippen molar-refractivity contribution in [2.24, 2.45) is 11.5 Å². The SMILES string of the molecule is NCc1ccccc1O[B]Oc1ccccc1CN. The Balaban J connectivity index is 1.96. The van der Waals surface area contributed by atoms with Crippen LogP contribution < -0.4 is 20.8 Å². The third-order valence-corrected chi connectivity index (χ3v) is 2.74. The highest BCUT2D eigenvalue weighted by atomic mass is 16.6. The Labute approximate surface area is 113 Å². The van der Waals surface area contributed by atoms with Gasteiger partial charge in [-0.15, -0.1) is 0 Å². The normalized spacial score (nSPS) is 10.0. The topological polar surface area (TPSA) is 70.5 Å². The minimum atomic E-state index is 0.420. The summed E-state index contributed by atoms with van der Waals surface area (Å²) in [6.07, 6.45) is 0. The van der Waals surface area contributed by atoms with Gasteiger partial charge >= 0.3 is 7.69 Å². The second-order valence-corrected chi connectivity index (χ2v) is 3.96. The van der Waals surface area contributed by atoms with Gasteiger partial charge in [-0.2, -0.15) is 0 Å². The molecule has 0 atom stereocenters. The molecule has 0 aliphatic carbocycles. The van der Waals surface area contributed by atoms with Gasteiger partial charge in [-0.05, 0) is 12.1 Å². The lowest BCUT2D eigenvalue weighted by atomic mass is 10.2. The molecule has 5 heteroatoms. The predicted octanol–water partition coefficient (Wildman–Crippen LogP) is 1.60. The quantitative estimate of drug-likeness (QED) is 0.769. The van der Waals surface area contributed by atoms with Gasteiger partial charge in [0.25, 0.3) is 0 Å². The monoisotopic (exact) mass is 255 g/mol. The van der Waals surface area contributed by atoms with Crippen LogP contribution in [0.15, 0.2) is 48.5 Å². The lowest BCUT2D eigenvalue weighted by Crippen LogP contribution is -2.14. The second-order valence-electron chi connectivity index (χ2n) is 3.96. The van der Waals surface area contributed by atoms with Crippen molar-refractivity contribution in [1.82, 2.24) is 0 Å². The third-order valence-electron chi connectivity index (χ3n) is 2.74. The first kappa shape index (κ1) is 13.5. The molecule has 0 aromatic heterocycles. The van der Waals surface area contributed by atoms with Crippen LogP contribution in [0.25, 0.3) is 0 Å². The molecular formula is C14H16BN2O2. The van der Waals surface area contributed by atoms with Crippen molar-refractivity contribution in [3.63, 3.8) is 0 Å². The van der Waals surface area contributed by atoms with Crippen LogP contribution in [0.2, 0.25) is 0 Å². The fraction of sp³-hybridized carbons (Fsp3) is 0.143. The molecule has 2 rings (SSSR count). The van der Waals surface area contributed by atoms with Crippen LogP contribution in [0.5, 0.6) is 11.5 Å². The van der Waals surface area contributed by atoms with E-state index >= 15 is 0 Å². The summed E-state index contributed by atoms with van der Waals surface area (Å²) in [6.45, 7) is 0.840. The highest BCUT2D eigenvalue weighted by Gasteiger charge is 2.07. The molecule has 0 fully saturated rings. The Morgan fingerprint density at radius 1 is 0.737 bits per heavy atom. The summed E-state index contributed by atoms with van der Waals surface area (Å²) in [5.74, 6) is 1.38. The fourth-order valence-electron chi connectivity index (χ4n) is 1.70. The lowest BCUT2D eigenvalue weighted by Gasteiger charge is -2.11. The van der Waals surface area contributed by atoms with Gasteiger partial charge in [0.05, 0.1) is 0 Å². The number of para-hydroxylation sites is 2. The Morgan fingerprint density at radius 3 is 1.58 bits per heavy atom.